The summed E-state index contributed by atoms with van der Waals surface area (Å²) in [6, 6.07) is 7.08. The summed E-state index contributed by atoms with van der Waals surface area (Å²) in [5, 5.41) is 11.5. The molecule has 0 unspecified atom stereocenters. The maximum Gasteiger partial charge on any atom is 0.434 e. The SMILES string of the molecule is N#CN1CCCN1C(=O)Oc1ccc(-n2ccnc2)cc1. The zero-order valence-corrected chi connectivity index (χ0v) is 11.2. The standard InChI is InChI=1S/C14H13N5O2/c15-10-18-7-1-8-19(18)14(20)21-13-4-2-12(3-5-13)17-9-6-16-11-17/h2-6,9,11H,1,7-8H2. The highest BCUT2D eigenvalue weighted by molar-refractivity contribution is 5.70. The Hall–Kier alpha value is -3.01. The summed E-state index contributed by atoms with van der Waals surface area (Å²) in [4.78, 5) is 16.0. The van der Waals surface area contributed by atoms with Gasteiger partial charge in [0.05, 0.1) is 12.9 Å². The highest BCUT2D eigenvalue weighted by Gasteiger charge is 2.27. The number of aromatic nitrogens is 2. The van der Waals surface area contributed by atoms with Crippen molar-refractivity contribution in [3.05, 3.63) is 43.0 Å². The summed E-state index contributed by atoms with van der Waals surface area (Å²) in [5.74, 6) is 0.439. The second kappa shape index (κ2) is 5.54. The highest BCUT2D eigenvalue weighted by atomic mass is 16.6. The van der Waals surface area contributed by atoms with Crippen LogP contribution in [0.5, 0.6) is 5.75 Å². The Morgan fingerprint density at radius 2 is 2.10 bits per heavy atom. The lowest BCUT2D eigenvalue weighted by molar-refractivity contribution is 0.0801. The van der Waals surface area contributed by atoms with E-state index in [-0.39, 0.29) is 0 Å². The van der Waals surface area contributed by atoms with E-state index in [1.165, 1.54) is 10.0 Å². The first kappa shape index (κ1) is 13.0. The molecule has 1 amide bonds. The molecule has 0 saturated carbocycles. The van der Waals surface area contributed by atoms with Crippen molar-refractivity contribution in [1.82, 2.24) is 19.6 Å². The van der Waals surface area contributed by atoms with Crippen molar-refractivity contribution in [2.45, 2.75) is 6.42 Å². The molecule has 3 rings (SSSR count). The van der Waals surface area contributed by atoms with Crippen LogP contribution in [0.25, 0.3) is 5.69 Å². The van der Waals surface area contributed by atoms with Crippen LogP contribution in [0, 0.1) is 11.5 Å². The number of carbonyl (C=O) groups excluding carboxylic acids is 1. The number of rotatable bonds is 2. The third-order valence-corrected chi connectivity index (χ3v) is 3.20. The van der Waals surface area contributed by atoms with Gasteiger partial charge in [-0.3, -0.25) is 0 Å². The van der Waals surface area contributed by atoms with E-state index < -0.39 is 6.09 Å². The monoisotopic (exact) mass is 283 g/mol. The van der Waals surface area contributed by atoms with Crippen molar-refractivity contribution in [3.8, 4) is 17.6 Å². The second-order valence-corrected chi connectivity index (χ2v) is 4.53. The van der Waals surface area contributed by atoms with E-state index in [0.29, 0.717) is 18.8 Å². The molecule has 0 N–H and O–H groups in total. The summed E-state index contributed by atoms with van der Waals surface area (Å²) in [5.41, 5.74) is 0.923. The predicted molar refractivity (Wildman–Crippen MR) is 73.2 cm³/mol. The molecule has 0 spiro atoms. The van der Waals surface area contributed by atoms with E-state index in [4.69, 9.17) is 10.00 Å². The van der Waals surface area contributed by atoms with Crippen molar-refractivity contribution in [1.29, 1.82) is 5.26 Å². The van der Waals surface area contributed by atoms with Gasteiger partial charge in [-0.15, -0.1) is 0 Å². The molecule has 1 aromatic carbocycles. The zero-order chi connectivity index (χ0) is 14.7. The van der Waals surface area contributed by atoms with Gasteiger partial charge < -0.3 is 9.30 Å². The van der Waals surface area contributed by atoms with Crippen LogP contribution >= 0.6 is 0 Å². The molecule has 1 aromatic heterocycles. The van der Waals surface area contributed by atoms with Gasteiger partial charge in [-0.25, -0.2) is 19.8 Å². The molecule has 7 heteroatoms. The number of nitrogens with zero attached hydrogens (tertiary/aromatic N) is 5. The summed E-state index contributed by atoms with van der Waals surface area (Å²) in [7, 11) is 0. The summed E-state index contributed by atoms with van der Waals surface area (Å²) < 4.78 is 7.12. The number of hydrogen-bond acceptors (Lipinski definition) is 5. The Labute approximate surface area is 121 Å². The molecule has 2 aromatic rings. The van der Waals surface area contributed by atoms with Crippen LogP contribution in [-0.2, 0) is 0 Å². The van der Waals surface area contributed by atoms with Gasteiger partial charge in [0.15, 0.2) is 6.19 Å². The smallest absolute Gasteiger partial charge is 0.409 e. The normalized spacial score (nSPS) is 14.0. The van der Waals surface area contributed by atoms with Gasteiger partial charge in [-0.2, -0.15) is 5.26 Å². The van der Waals surface area contributed by atoms with Crippen molar-refractivity contribution in [3.63, 3.8) is 0 Å². The number of hydrazine groups is 1. The van der Waals surface area contributed by atoms with Crippen LogP contribution in [0.2, 0.25) is 0 Å². The first-order valence-corrected chi connectivity index (χ1v) is 6.53. The quantitative estimate of drug-likeness (QED) is 0.785. The third kappa shape index (κ3) is 2.65. The largest absolute Gasteiger partial charge is 0.434 e. The first-order valence-electron chi connectivity index (χ1n) is 6.53. The third-order valence-electron chi connectivity index (χ3n) is 3.20. The van der Waals surface area contributed by atoms with Crippen LogP contribution in [0.3, 0.4) is 0 Å². The molecule has 1 saturated heterocycles. The van der Waals surface area contributed by atoms with Gasteiger partial charge in [-0.1, -0.05) is 0 Å². The molecule has 2 heterocycles. The Morgan fingerprint density at radius 1 is 1.29 bits per heavy atom. The Kier molecular flexibility index (Phi) is 3.43. The van der Waals surface area contributed by atoms with Crippen LogP contribution < -0.4 is 4.74 Å². The lowest BCUT2D eigenvalue weighted by Crippen LogP contribution is -2.40. The van der Waals surface area contributed by atoms with Gasteiger partial charge in [0.2, 0.25) is 0 Å². The fourth-order valence-corrected chi connectivity index (χ4v) is 2.16. The minimum Gasteiger partial charge on any atom is -0.409 e. The average molecular weight is 283 g/mol. The van der Waals surface area contributed by atoms with Crippen LogP contribution in [0.1, 0.15) is 6.42 Å². The number of amides is 1. The van der Waals surface area contributed by atoms with Gasteiger partial charge in [0.25, 0.3) is 0 Å². The fraction of sp³-hybridized carbons (Fsp3) is 0.214. The number of carbonyl (C=O) groups is 1. The van der Waals surface area contributed by atoms with Crippen molar-refractivity contribution in [2.75, 3.05) is 13.1 Å². The summed E-state index contributed by atoms with van der Waals surface area (Å²) in [6.07, 6.45) is 7.40. The molecule has 106 valence electrons. The molecule has 0 aliphatic carbocycles. The Balaban J connectivity index is 1.68. The topological polar surface area (TPSA) is 74.4 Å². The van der Waals surface area contributed by atoms with Crippen LogP contribution in [0.15, 0.2) is 43.0 Å². The average Bonchev–Trinajstić information content (AvgIpc) is 3.19. The molecule has 0 bridgehead atoms. The van der Waals surface area contributed by atoms with E-state index in [2.05, 4.69) is 4.98 Å². The summed E-state index contributed by atoms with van der Waals surface area (Å²) in [6.45, 7) is 1.05. The molecule has 0 atom stereocenters. The first-order chi connectivity index (χ1) is 10.3. The molecule has 0 radical (unpaired) electrons. The van der Waals surface area contributed by atoms with Gasteiger partial charge in [0, 0.05) is 24.6 Å². The van der Waals surface area contributed by atoms with Crippen LogP contribution in [-0.4, -0.2) is 38.8 Å². The van der Waals surface area contributed by atoms with Gasteiger partial charge in [-0.05, 0) is 30.7 Å². The van der Waals surface area contributed by atoms with Crippen molar-refractivity contribution in [2.24, 2.45) is 0 Å². The van der Waals surface area contributed by atoms with Gasteiger partial charge >= 0.3 is 6.09 Å². The summed E-state index contributed by atoms with van der Waals surface area (Å²) >= 11 is 0. The maximum atomic E-state index is 12.0. The molecule has 1 aliphatic heterocycles. The molecule has 7 nitrogen and oxygen atoms in total. The Bertz CT molecular complexity index is 660. The second-order valence-electron chi connectivity index (χ2n) is 4.53. The zero-order valence-electron chi connectivity index (χ0n) is 11.2. The van der Waals surface area contributed by atoms with E-state index in [9.17, 15) is 4.79 Å². The van der Waals surface area contributed by atoms with E-state index in [0.717, 1.165) is 12.1 Å². The molecule has 1 aliphatic rings. The van der Waals surface area contributed by atoms with Crippen LogP contribution in [0.4, 0.5) is 4.79 Å². The minimum atomic E-state index is -0.538. The van der Waals surface area contributed by atoms with E-state index in [1.54, 1.807) is 24.7 Å². The molecular formula is C14H13N5O2. The fourth-order valence-electron chi connectivity index (χ4n) is 2.16. The molecular weight excluding hydrogens is 270 g/mol. The number of nitriles is 1. The highest BCUT2D eigenvalue weighted by Crippen LogP contribution is 2.18. The van der Waals surface area contributed by atoms with Crippen molar-refractivity contribution >= 4 is 6.09 Å². The lowest BCUT2D eigenvalue weighted by Gasteiger charge is -2.21. The number of benzene rings is 1. The number of imidazole rings is 1. The lowest BCUT2D eigenvalue weighted by atomic mass is 10.3. The van der Waals surface area contributed by atoms with Crippen molar-refractivity contribution < 1.29 is 9.53 Å². The minimum absolute atomic E-state index is 0.439. The molecule has 21 heavy (non-hydrogen) atoms. The Morgan fingerprint density at radius 3 is 2.76 bits per heavy atom. The molecule has 1 fully saturated rings. The number of hydrogen-bond donors (Lipinski definition) is 0. The number of ether oxygens (including phenoxy) is 1. The van der Waals surface area contributed by atoms with E-state index in [1.807, 2.05) is 29.1 Å². The van der Waals surface area contributed by atoms with Gasteiger partial charge in [0.1, 0.15) is 5.75 Å². The maximum absolute atomic E-state index is 12.0. The van der Waals surface area contributed by atoms with E-state index >= 15 is 0 Å². The predicted octanol–water partition coefficient (Wildman–Crippen LogP) is 1.77.